The lowest BCUT2D eigenvalue weighted by Gasteiger charge is -2.11. The molecular weight excluding hydrogens is 192 g/mol. The molecule has 4 heteroatoms. The van der Waals surface area contributed by atoms with Crippen LogP contribution in [0.5, 0.6) is 0 Å². The van der Waals surface area contributed by atoms with Gasteiger partial charge in [-0.15, -0.1) is 23.7 Å². The molecule has 0 spiro atoms. The van der Waals surface area contributed by atoms with Crippen LogP contribution in [0.1, 0.15) is 11.3 Å². The highest BCUT2D eigenvalue weighted by atomic mass is 35.5. The summed E-state index contributed by atoms with van der Waals surface area (Å²) in [5.41, 5.74) is 3.28. The Morgan fingerprint density at radius 1 is 1.50 bits per heavy atom. The van der Waals surface area contributed by atoms with Crippen LogP contribution in [-0.4, -0.2) is 18.1 Å². The van der Waals surface area contributed by atoms with Gasteiger partial charge in [-0.25, -0.2) is 0 Å². The predicted octanol–water partition coefficient (Wildman–Crippen LogP) is 1.94. The largest absolute Gasteiger partial charge is 0.312 e. The van der Waals surface area contributed by atoms with E-state index in [0.29, 0.717) is 0 Å². The molecule has 1 aliphatic rings. The molecule has 0 amide bonds. The summed E-state index contributed by atoms with van der Waals surface area (Å²) < 4.78 is 0. The fourth-order valence-corrected chi connectivity index (χ4v) is 1.87. The minimum absolute atomic E-state index is 0. The van der Waals surface area contributed by atoms with E-state index in [9.17, 15) is 0 Å². The second-order valence-corrected chi connectivity index (χ2v) is 3.45. The maximum absolute atomic E-state index is 4.05. The standard InChI is InChI=1S/C8H10N2S.ClH/c1-2-7(4-9-3-1)8-5-10-6-11-8;/h2,5-6,9H,1,3-4H2;1H. The van der Waals surface area contributed by atoms with Crippen molar-refractivity contribution < 1.29 is 0 Å². The predicted molar refractivity (Wildman–Crippen MR) is 54.8 cm³/mol. The SMILES string of the molecule is C1=C(c2cncs2)CNCC1.Cl. The Morgan fingerprint density at radius 2 is 2.42 bits per heavy atom. The number of thiazole rings is 1. The molecule has 2 nitrogen and oxygen atoms in total. The van der Waals surface area contributed by atoms with Crippen molar-refractivity contribution in [2.24, 2.45) is 0 Å². The lowest BCUT2D eigenvalue weighted by molar-refractivity contribution is 0.740. The van der Waals surface area contributed by atoms with Gasteiger partial charge in [0.1, 0.15) is 0 Å². The lowest BCUT2D eigenvalue weighted by atomic mass is 10.1. The van der Waals surface area contributed by atoms with Gasteiger partial charge in [0.15, 0.2) is 0 Å². The normalized spacial score (nSPS) is 16.5. The van der Waals surface area contributed by atoms with E-state index >= 15 is 0 Å². The fourth-order valence-electron chi connectivity index (χ4n) is 1.21. The van der Waals surface area contributed by atoms with Crippen molar-refractivity contribution in [3.8, 4) is 0 Å². The molecule has 0 unspecified atom stereocenters. The second kappa shape index (κ2) is 4.60. The first kappa shape index (κ1) is 9.71. The number of nitrogens with one attached hydrogen (secondary N) is 1. The first-order chi connectivity index (χ1) is 5.47. The highest BCUT2D eigenvalue weighted by Gasteiger charge is 2.05. The van der Waals surface area contributed by atoms with Crippen LogP contribution >= 0.6 is 23.7 Å². The maximum Gasteiger partial charge on any atom is 0.0797 e. The molecule has 0 saturated carbocycles. The minimum Gasteiger partial charge on any atom is -0.312 e. The lowest BCUT2D eigenvalue weighted by Crippen LogP contribution is -2.20. The Labute approximate surface area is 82.1 Å². The van der Waals surface area contributed by atoms with Gasteiger partial charge in [-0.05, 0) is 18.5 Å². The van der Waals surface area contributed by atoms with Gasteiger partial charge in [0, 0.05) is 12.7 Å². The van der Waals surface area contributed by atoms with Gasteiger partial charge in [0.25, 0.3) is 0 Å². The summed E-state index contributed by atoms with van der Waals surface area (Å²) in [7, 11) is 0. The molecule has 0 aromatic carbocycles. The van der Waals surface area contributed by atoms with Crippen molar-refractivity contribution in [2.75, 3.05) is 13.1 Å². The first-order valence-electron chi connectivity index (χ1n) is 3.75. The Bertz CT molecular complexity index is 256. The Kier molecular flexibility index (Phi) is 3.72. The molecule has 0 fully saturated rings. The van der Waals surface area contributed by atoms with Crippen molar-refractivity contribution in [3.63, 3.8) is 0 Å². The summed E-state index contributed by atoms with van der Waals surface area (Å²) in [5.74, 6) is 0. The number of halogens is 1. The van der Waals surface area contributed by atoms with Crippen molar-refractivity contribution in [1.29, 1.82) is 0 Å². The summed E-state index contributed by atoms with van der Waals surface area (Å²) in [6.45, 7) is 2.12. The Morgan fingerprint density at radius 3 is 3.00 bits per heavy atom. The van der Waals surface area contributed by atoms with E-state index in [1.807, 2.05) is 11.7 Å². The first-order valence-corrected chi connectivity index (χ1v) is 4.63. The zero-order valence-corrected chi connectivity index (χ0v) is 8.25. The molecule has 1 aliphatic heterocycles. The summed E-state index contributed by atoms with van der Waals surface area (Å²) in [5, 5.41) is 3.33. The molecule has 0 bridgehead atoms. The molecular formula is C8H11ClN2S. The molecule has 0 atom stereocenters. The van der Waals surface area contributed by atoms with Crippen LogP contribution in [0.25, 0.3) is 5.57 Å². The minimum atomic E-state index is 0. The van der Waals surface area contributed by atoms with Gasteiger partial charge in [-0.1, -0.05) is 6.08 Å². The van der Waals surface area contributed by atoms with Crippen LogP contribution in [0.4, 0.5) is 0 Å². The average Bonchev–Trinajstić information content (AvgIpc) is 2.58. The van der Waals surface area contributed by atoms with Crippen molar-refractivity contribution >= 4 is 29.3 Å². The monoisotopic (exact) mass is 202 g/mol. The second-order valence-electron chi connectivity index (χ2n) is 2.56. The molecule has 1 aromatic rings. The Hall–Kier alpha value is -0.380. The van der Waals surface area contributed by atoms with Gasteiger partial charge in [0.05, 0.1) is 10.4 Å². The van der Waals surface area contributed by atoms with Crippen LogP contribution in [0.2, 0.25) is 0 Å². The average molecular weight is 203 g/mol. The number of hydrogen-bond acceptors (Lipinski definition) is 3. The quantitative estimate of drug-likeness (QED) is 0.753. The van der Waals surface area contributed by atoms with Crippen molar-refractivity contribution in [2.45, 2.75) is 6.42 Å². The fraction of sp³-hybridized carbons (Fsp3) is 0.375. The van der Waals surface area contributed by atoms with Gasteiger partial charge in [-0.3, -0.25) is 4.98 Å². The molecule has 1 N–H and O–H groups in total. The number of rotatable bonds is 1. The third-order valence-corrected chi connectivity index (χ3v) is 2.62. The van der Waals surface area contributed by atoms with E-state index in [2.05, 4.69) is 16.4 Å². The van der Waals surface area contributed by atoms with E-state index in [0.717, 1.165) is 19.5 Å². The van der Waals surface area contributed by atoms with Crippen LogP contribution in [-0.2, 0) is 0 Å². The zero-order valence-electron chi connectivity index (χ0n) is 6.62. The van der Waals surface area contributed by atoms with E-state index in [-0.39, 0.29) is 12.4 Å². The molecule has 0 aliphatic carbocycles. The highest BCUT2D eigenvalue weighted by molar-refractivity contribution is 7.10. The summed E-state index contributed by atoms with van der Waals surface area (Å²) >= 11 is 1.71. The molecule has 2 rings (SSSR count). The molecule has 2 heterocycles. The smallest absolute Gasteiger partial charge is 0.0797 e. The van der Waals surface area contributed by atoms with Crippen LogP contribution < -0.4 is 5.32 Å². The molecule has 12 heavy (non-hydrogen) atoms. The number of aromatic nitrogens is 1. The molecule has 1 aromatic heterocycles. The van der Waals surface area contributed by atoms with Gasteiger partial charge in [-0.2, -0.15) is 0 Å². The summed E-state index contributed by atoms with van der Waals surface area (Å²) in [6, 6.07) is 0. The summed E-state index contributed by atoms with van der Waals surface area (Å²) in [4.78, 5) is 5.35. The molecule has 0 radical (unpaired) electrons. The third kappa shape index (κ3) is 2.06. The van der Waals surface area contributed by atoms with Crippen LogP contribution in [0.15, 0.2) is 17.8 Å². The van der Waals surface area contributed by atoms with Crippen molar-refractivity contribution in [1.82, 2.24) is 10.3 Å². The van der Waals surface area contributed by atoms with Crippen LogP contribution in [0, 0.1) is 0 Å². The van der Waals surface area contributed by atoms with E-state index in [4.69, 9.17) is 0 Å². The zero-order chi connectivity index (χ0) is 7.52. The van der Waals surface area contributed by atoms with Gasteiger partial charge >= 0.3 is 0 Å². The third-order valence-electron chi connectivity index (χ3n) is 1.78. The van der Waals surface area contributed by atoms with Crippen molar-refractivity contribution in [3.05, 3.63) is 22.7 Å². The van der Waals surface area contributed by atoms with E-state index in [1.54, 1.807) is 11.3 Å². The van der Waals surface area contributed by atoms with Gasteiger partial charge < -0.3 is 5.32 Å². The van der Waals surface area contributed by atoms with E-state index in [1.165, 1.54) is 10.5 Å². The van der Waals surface area contributed by atoms with E-state index < -0.39 is 0 Å². The topological polar surface area (TPSA) is 24.9 Å². The highest BCUT2D eigenvalue weighted by Crippen LogP contribution is 2.19. The Balaban J connectivity index is 0.000000720. The van der Waals surface area contributed by atoms with Gasteiger partial charge in [0.2, 0.25) is 0 Å². The number of hydrogen-bond donors (Lipinski definition) is 1. The molecule has 66 valence electrons. The molecule has 0 saturated heterocycles. The summed E-state index contributed by atoms with van der Waals surface area (Å²) in [6.07, 6.45) is 5.38. The maximum atomic E-state index is 4.05. The van der Waals surface area contributed by atoms with Crippen LogP contribution in [0.3, 0.4) is 0 Å². The number of nitrogens with zero attached hydrogens (tertiary/aromatic N) is 1.